The second-order valence-corrected chi connectivity index (χ2v) is 4.95. The molecule has 0 bridgehead atoms. The maximum atomic E-state index is 11.8. The van der Waals surface area contributed by atoms with Crippen LogP contribution in [0.2, 0.25) is 0 Å². The fourth-order valence-corrected chi connectivity index (χ4v) is 2.65. The molecule has 0 saturated carbocycles. The Kier molecular flexibility index (Phi) is 4.34. The molecule has 0 fully saturated rings. The average molecular weight is 251 g/mol. The monoisotopic (exact) mass is 251 g/mol. The standard InChI is InChI=1S/C13H17NO2S/c1-2-3-9-16-10-8-14-11-6-4-5-7-12(11)17-13(14)15/h4-7H,2-3,8-10H2,1H3. The van der Waals surface area contributed by atoms with E-state index >= 15 is 0 Å². The van der Waals surface area contributed by atoms with Crippen LogP contribution in [0, 0.1) is 0 Å². The van der Waals surface area contributed by atoms with Gasteiger partial charge in [-0.3, -0.25) is 9.36 Å². The highest BCUT2D eigenvalue weighted by molar-refractivity contribution is 7.16. The number of thiazole rings is 1. The molecule has 2 aromatic rings. The maximum Gasteiger partial charge on any atom is 0.308 e. The number of nitrogens with zero attached hydrogens (tertiary/aromatic N) is 1. The Hall–Kier alpha value is -1.13. The third-order valence-corrected chi connectivity index (χ3v) is 3.64. The van der Waals surface area contributed by atoms with E-state index in [4.69, 9.17) is 4.74 Å². The van der Waals surface area contributed by atoms with Gasteiger partial charge in [0, 0.05) is 6.61 Å². The zero-order chi connectivity index (χ0) is 12.1. The molecule has 0 atom stereocenters. The Labute approximate surface area is 105 Å². The van der Waals surface area contributed by atoms with Crippen molar-refractivity contribution >= 4 is 21.6 Å². The number of aromatic nitrogens is 1. The first-order chi connectivity index (χ1) is 8.33. The molecule has 0 amide bonds. The molecule has 3 nitrogen and oxygen atoms in total. The predicted molar refractivity (Wildman–Crippen MR) is 71.8 cm³/mol. The van der Waals surface area contributed by atoms with Crippen molar-refractivity contribution in [3.05, 3.63) is 33.9 Å². The average Bonchev–Trinajstić information content (AvgIpc) is 2.65. The molecule has 0 saturated heterocycles. The molecule has 92 valence electrons. The van der Waals surface area contributed by atoms with Gasteiger partial charge in [0.05, 0.1) is 23.4 Å². The number of rotatable bonds is 6. The number of benzene rings is 1. The Morgan fingerprint density at radius 3 is 2.94 bits per heavy atom. The second-order valence-electron chi connectivity index (χ2n) is 3.95. The summed E-state index contributed by atoms with van der Waals surface area (Å²) < 4.78 is 8.34. The van der Waals surface area contributed by atoms with Crippen molar-refractivity contribution in [1.29, 1.82) is 0 Å². The Bertz CT molecular complexity index is 529. The molecule has 17 heavy (non-hydrogen) atoms. The third-order valence-electron chi connectivity index (χ3n) is 2.68. The maximum absolute atomic E-state index is 11.8. The molecular weight excluding hydrogens is 234 g/mol. The van der Waals surface area contributed by atoms with Crippen LogP contribution >= 0.6 is 11.3 Å². The van der Waals surface area contributed by atoms with Gasteiger partial charge in [0.25, 0.3) is 0 Å². The summed E-state index contributed by atoms with van der Waals surface area (Å²) in [4.78, 5) is 11.9. The molecule has 0 radical (unpaired) electrons. The van der Waals surface area contributed by atoms with Crippen LogP contribution in [-0.2, 0) is 11.3 Å². The van der Waals surface area contributed by atoms with Crippen molar-refractivity contribution in [2.45, 2.75) is 26.3 Å². The van der Waals surface area contributed by atoms with Gasteiger partial charge < -0.3 is 4.74 Å². The van der Waals surface area contributed by atoms with Crippen LogP contribution in [0.25, 0.3) is 10.2 Å². The fraction of sp³-hybridized carbons (Fsp3) is 0.462. The number of hydrogen-bond donors (Lipinski definition) is 0. The fourth-order valence-electron chi connectivity index (χ4n) is 1.73. The van der Waals surface area contributed by atoms with E-state index in [1.165, 1.54) is 11.3 Å². The second kappa shape index (κ2) is 5.98. The molecule has 0 spiro atoms. The van der Waals surface area contributed by atoms with Crippen LogP contribution in [-0.4, -0.2) is 17.8 Å². The summed E-state index contributed by atoms with van der Waals surface area (Å²) in [6.07, 6.45) is 2.22. The first-order valence-corrected chi connectivity index (χ1v) is 6.80. The smallest absolute Gasteiger partial charge is 0.308 e. The van der Waals surface area contributed by atoms with E-state index in [9.17, 15) is 4.79 Å². The lowest BCUT2D eigenvalue weighted by atomic mass is 10.3. The van der Waals surface area contributed by atoms with E-state index in [2.05, 4.69) is 6.92 Å². The normalized spacial score (nSPS) is 11.1. The molecule has 0 N–H and O–H groups in total. The third kappa shape index (κ3) is 2.96. The van der Waals surface area contributed by atoms with Crippen LogP contribution in [0.15, 0.2) is 29.1 Å². The van der Waals surface area contributed by atoms with Crippen LogP contribution in [0.1, 0.15) is 19.8 Å². The van der Waals surface area contributed by atoms with E-state index in [1.807, 2.05) is 24.3 Å². The molecule has 0 aliphatic rings. The summed E-state index contributed by atoms with van der Waals surface area (Å²) >= 11 is 1.30. The summed E-state index contributed by atoms with van der Waals surface area (Å²) in [5.41, 5.74) is 1.02. The summed E-state index contributed by atoms with van der Waals surface area (Å²) in [6.45, 7) is 4.18. The lowest BCUT2D eigenvalue weighted by molar-refractivity contribution is 0.124. The summed E-state index contributed by atoms with van der Waals surface area (Å²) in [5.74, 6) is 0. The molecule has 1 heterocycles. The molecule has 0 unspecified atom stereocenters. The molecule has 0 aliphatic carbocycles. The van der Waals surface area contributed by atoms with Gasteiger partial charge >= 0.3 is 4.87 Å². The highest BCUT2D eigenvalue weighted by Crippen LogP contribution is 2.15. The zero-order valence-electron chi connectivity index (χ0n) is 10.0. The summed E-state index contributed by atoms with van der Waals surface area (Å²) in [7, 11) is 0. The molecular formula is C13H17NO2S. The van der Waals surface area contributed by atoms with E-state index in [0.717, 1.165) is 29.7 Å². The minimum Gasteiger partial charge on any atom is -0.380 e. The minimum absolute atomic E-state index is 0.102. The lowest BCUT2D eigenvalue weighted by Crippen LogP contribution is -2.16. The molecule has 2 rings (SSSR count). The van der Waals surface area contributed by atoms with E-state index < -0.39 is 0 Å². The van der Waals surface area contributed by atoms with Gasteiger partial charge in [-0.05, 0) is 18.6 Å². The minimum atomic E-state index is 0.102. The summed E-state index contributed by atoms with van der Waals surface area (Å²) in [5, 5.41) is 0. The van der Waals surface area contributed by atoms with Gasteiger partial charge in [-0.1, -0.05) is 36.8 Å². The van der Waals surface area contributed by atoms with Gasteiger partial charge in [0.2, 0.25) is 0 Å². The van der Waals surface area contributed by atoms with E-state index in [-0.39, 0.29) is 4.87 Å². The highest BCUT2D eigenvalue weighted by atomic mass is 32.1. The predicted octanol–water partition coefficient (Wildman–Crippen LogP) is 2.88. The van der Waals surface area contributed by atoms with Gasteiger partial charge in [0.1, 0.15) is 0 Å². The van der Waals surface area contributed by atoms with Crippen molar-refractivity contribution in [2.75, 3.05) is 13.2 Å². The van der Waals surface area contributed by atoms with Crippen molar-refractivity contribution in [3.63, 3.8) is 0 Å². The SMILES string of the molecule is CCCCOCCn1c(=O)sc2ccccc21. The lowest BCUT2D eigenvalue weighted by Gasteiger charge is -2.04. The number of unbranched alkanes of at least 4 members (excludes halogenated alkanes) is 1. The first kappa shape index (κ1) is 12.3. The summed E-state index contributed by atoms with van der Waals surface area (Å²) in [6, 6.07) is 7.89. The first-order valence-electron chi connectivity index (χ1n) is 5.99. The Morgan fingerprint density at radius 2 is 2.12 bits per heavy atom. The topological polar surface area (TPSA) is 31.2 Å². The van der Waals surface area contributed by atoms with E-state index in [1.54, 1.807) is 4.57 Å². The molecule has 4 heteroatoms. The quantitative estimate of drug-likeness (QED) is 0.739. The zero-order valence-corrected chi connectivity index (χ0v) is 10.8. The van der Waals surface area contributed by atoms with Crippen LogP contribution < -0.4 is 4.87 Å². The van der Waals surface area contributed by atoms with Crippen LogP contribution in [0.4, 0.5) is 0 Å². The number of para-hydroxylation sites is 1. The van der Waals surface area contributed by atoms with Gasteiger partial charge in [0.15, 0.2) is 0 Å². The molecule has 1 aromatic heterocycles. The van der Waals surface area contributed by atoms with Crippen molar-refractivity contribution in [1.82, 2.24) is 4.57 Å². The van der Waals surface area contributed by atoms with Gasteiger partial charge in [-0.2, -0.15) is 0 Å². The number of hydrogen-bond acceptors (Lipinski definition) is 3. The van der Waals surface area contributed by atoms with Crippen LogP contribution in [0.5, 0.6) is 0 Å². The van der Waals surface area contributed by atoms with Gasteiger partial charge in [-0.25, -0.2) is 0 Å². The Morgan fingerprint density at radius 1 is 1.29 bits per heavy atom. The number of ether oxygens (including phenoxy) is 1. The van der Waals surface area contributed by atoms with Crippen LogP contribution in [0.3, 0.4) is 0 Å². The van der Waals surface area contributed by atoms with Gasteiger partial charge in [-0.15, -0.1) is 0 Å². The highest BCUT2D eigenvalue weighted by Gasteiger charge is 2.05. The van der Waals surface area contributed by atoms with Crippen molar-refractivity contribution < 1.29 is 4.74 Å². The van der Waals surface area contributed by atoms with Crippen molar-refractivity contribution in [2.24, 2.45) is 0 Å². The van der Waals surface area contributed by atoms with Crippen molar-refractivity contribution in [3.8, 4) is 0 Å². The molecule has 1 aromatic carbocycles. The Balaban J connectivity index is 2.03. The van der Waals surface area contributed by atoms with E-state index in [0.29, 0.717) is 13.2 Å². The molecule has 0 aliphatic heterocycles. The number of fused-ring (bicyclic) bond motifs is 1. The largest absolute Gasteiger partial charge is 0.380 e.